The van der Waals surface area contributed by atoms with Crippen molar-refractivity contribution in [2.75, 3.05) is 26.9 Å². The van der Waals surface area contributed by atoms with Crippen LogP contribution >= 0.6 is 31.9 Å². The van der Waals surface area contributed by atoms with Crippen molar-refractivity contribution in [3.63, 3.8) is 0 Å². The lowest BCUT2D eigenvalue weighted by molar-refractivity contribution is -0.136. The molecule has 2 atom stereocenters. The topological polar surface area (TPSA) is 149 Å². The summed E-state index contributed by atoms with van der Waals surface area (Å²) in [4.78, 5) is 24.7. The van der Waals surface area contributed by atoms with Gasteiger partial charge in [0.1, 0.15) is 13.2 Å². The van der Waals surface area contributed by atoms with Gasteiger partial charge in [0.05, 0.1) is 42.6 Å². The first kappa shape index (κ1) is 35.6. The van der Waals surface area contributed by atoms with E-state index < -0.39 is 24.3 Å². The number of nitrogens with zero attached hydrogens (tertiary/aromatic N) is 1. The maximum Gasteiger partial charge on any atom is 0.337 e. The molecular formula is C33H36Br2N4O8. The van der Waals surface area contributed by atoms with Gasteiger partial charge in [0.2, 0.25) is 0 Å². The quantitative estimate of drug-likeness (QED) is 0.0660. The van der Waals surface area contributed by atoms with Gasteiger partial charge in [-0.05, 0) is 89.8 Å². The molecule has 14 heteroatoms. The zero-order valence-electron chi connectivity index (χ0n) is 26.3. The van der Waals surface area contributed by atoms with Crippen molar-refractivity contribution < 1.29 is 38.4 Å². The van der Waals surface area contributed by atoms with Gasteiger partial charge in [-0.2, -0.15) is 5.10 Å². The average Bonchev–Trinajstić information content (AvgIpc) is 3.04. The van der Waals surface area contributed by atoms with E-state index in [9.17, 15) is 14.7 Å². The number of hydrazone groups is 1. The SMILES string of the molecule is CCOc1cc([C@H]2NC(=O)NC(C)=C2C(=O)OC)ccc1OC[C@@H](O)N/N=C\c1cc(Br)c(OCc2ccc(Br)cc2)c(OCC)c1. The van der Waals surface area contributed by atoms with Gasteiger partial charge in [0.25, 0.3) is 0 Å². The molecule has 4 rings (SSSR count). The Morgan fingerprint density at radius 2 is 1.72 bits per heavy atom. The summed E-state index contributed by atoms with van der Waals surface area (Å²) in [5, 5.41) is 20.0. The van der Waals surface area contributed by atoms with E-state index in [4.69, 9.17) is 23.7 Å². The minimum Gasteiger partial charge on any atom is -0.490 e. The van der Waals surface area contributed by atoms with E-state index in [2.05, 4.69) is 53.0 Å². The van der Waals surface area contributed by atoms with Crippen LogP contribution in [0.4, 0.5) is 4.79 Å². The number of allylic oxidation sites excluding steroid dienone is 1. The lowest BCUT2D eigenvalue weighted by Gasteiger charge is -2.28. The zero-order chi connectivity index (χ0) is 33.9. The Bertz CT molecular complexity index is 1630. The van der Waals surface area contributed by atoms with Crippen molar-refractivity contribution in [2.45, 2.75) is 39.6 Å². The molecule has 47 heavy (non-hydrogen) atoms. The van der Waals surface area contributed by atoms with Gasteiger partial charge in [0.15, 0.2) is 29.2 Å². The highest BCUT2D eigenvalue weighted by Crippen LogP contribution is 2.38. The smallest absolute Gasteiger partial charge is 0.337 e. The summed E-state index contributed by atoms with van der Waals surface area (Å²) in [5.74, 6) is 1.26. The molecule has 250 valence electrons. The van der Waals surface area contributed by atoms with E-state index in [1.807, 2.05) is 44.2 Å². The number of aliphatic hydroxyl groups excluding tert-OH is 1. The number of methoxy groups -OCH3 is 1. The third-order valence-electron chi connectivity index (χ3n) is 6.74. The van der Waals surface area contributed by atoms with E-state index in [1.54, 1.807) is 31.2 Å². The molecule has 0 saturated heterocycles. The molecule has 1 aliphatic heterocycles. The molecule has 0 radical (unpaired) electrons. The van der Waals surface area contributed by atoms with Crippen molar-refractivity contribution in [3.05, 3.63) is 91.5 Å². The number of esters is 1. The summed E-state index contributed by atoms with van der Waals surface area (Å²) in [6, 6.07) is 15.3. The van der Waals surface area contributed by atoms with Gasteiger partial charge in [-0.15, -0.1) is 0 Å². The Morgan fingerprint density at radius 1 is 1.00 bits per heavy atom. The number of nitrogens with one attached hydrogen (secondary N) is 3. The highest BCUT2D eigenvalue weighted by atomic mass is 79.9. The minimum atomic E-state index is -1.16. The van der Waals surface area contributed by atoms with Crippen LogP contribution in [0.25, 0.3) is 0 Å². The van der Waals surface area contributed by atoms with E-state index >= 15 is 0 Å². The summed E-state index contributed by atoms with van der Waals surface area (Å²) in [7, 11) is 1.28. The number of carbonyl (C=O) groups excluding carboxylic acids is 2. The number of urea groups is 1. The largest absolute Gasteiger partial charge is 0.490 e. The molecule has 0 aromatic heterocycles. The summed E-state index contributed by atoms with van der Waals surface area (Å²) in [6.07, 6.45) is 0.376. The van der Waals surface area contributed by atoms with Crippen LogP contribution in [-0.4, -0.2) is 56.5 Å². The predicted octanol–water partition coefficient (Wildman–Crippen LogP) is 5.71. The molecule has 1 aliphatic rings. The first-order valence-corrected chi connectivity index (χ1v) is 16.3. The van der Waals surface area contributed by atoms with Gasteiger partial charge < -0.3 is 39.4 Å². The second-order valence-corrected chi connectivity index (χ2v) is 11.9. The molecule has 4 N–H and O–H groups in total. The summed E-state index contributed by atoms with van der Waals surface area (Å²) >= 11 is 7.01. The highest BCUT2D eigenvalue weighted by molar-refractivity contribution is 9.10. The maximum atomic E-state index is 12.5. The second-order valence-electron chi connectivity index (χ2n) is 10.1. The zero-order valence-corrected chi connectivity index (χ0v) is 29.4. The Balaban J connectivity index is 1.40. The van der Waals surface area contributed by atoms with Crippen LogP contribution in [-0.2, 0) is 16.1 Å². The first-order valence-electron chi connectivity index (χ1n) is 14.7. The molecule has 0 saturated carbocycles. The fourth-order valence-electron chi connectivity index (χ4n) is 4.62. The number of carbonyl (C=O) groups is 2. The summed E-state index contributed by atoms with van der Waals surface area (Å²) in [6.45, 7) is 6.30. The molecule has 2 amide bonds. The van der Waals surface area contributed by atoms with Crippen LogP contribution in [0.2, 0.25) is 0 Å². The molecular weight excluding hydrogens is 740 g/mol. The monoisotopic (exact) mass is 774 g/mol. The fraction of sp³-hybridized carbons (Fsp3) is 0.303. The standard InChI is InChI=1S/C33H36Br2N4O8/c1-5-44-26-15-22(30-29(32(41)43-4)19(3)37-33(42)38-30)9-12-25(26)46-18-28(40)39-36-16-21-13-24(35)31(27(14-21)45-6-2)47-17-20-7-10-23(34)11-8-20/h7-16,28,30,39-40H,5-6,17-18H2,1-4H3,(H2,37,38,42)/b36-16-/t28-,30-/m1/s1. The van der Waals surface area contributed by atoms with Crippen LogP contribution in [0.1, 0.15) is 43.5 Å². The van der Waals surface area contributed by atoms with Crippen molar-refractivity contribution >= 4 is 50.1 Å². The van der Waals surface area contributed by atoms with E-state index in [0.717, 1.165) is 10.0 Å². The normalized spacial score (nSPS) is 15.0. The lowest BCUT2D eigenvalue weighted by atomic mass is 9.95. The van der Waals surface area contributed by atoms with Crippen molar-refractivity contribution in [1.29, 1.82) is 0 Å². The van der Waals surface area contributed by atoms with Gasteiger partial charge in [-0.25, -0.2) is 9.59 Å². The van der Waals surface area contributed by atoms with Gasteiger partial charge in [-0.1, -0.05) is 34.1 Å². The second kappa shape index (κ2) is 17.0. The average molecular weight is 776 g/mol. The third-order valence-corrected chi connectivity index (χ3v) is 7.86. The Hall–Kier alpha value is -4.27. The Morgan fingerprint density at radius 3 is 2.43 bits per heavy atom. The fourth-order valence-corrected chi connectivity index (χ4v) is 5.46. The number of ether oxygens (including phenoxy) is 5. The molecule has 12 nitrogen and oxygen atoms in total. The maximum absolute atomic E-state index is 12.5. The van der Waals surface area contributed by atoms with E-state index in [-0.39, 0.29) is 12.2 Å². The van der Waals surface area contributed by atoms with E-state index in [1.165, 1.54) is 13.3 Å². The van der Waals surface area contributed by atoms with Gasteiger partial charge >= 0.3 is 12.0 Å². The molecule has 1 heterocycles. The first-order chi connectivity index (χ1) is 22.6. The van der Waals surface area contributed by atoms with Crippen molar-refractivity contribution in [3.8, 4) is 23.0 Å². The number of hydrogen-bond donors (Lipinski definition) is 4. The van der Waals surface area contributed by atoms with Crippen LogP contribution < -0.4 is 35.0 Å². The van der Waals surface area contributed by atoms with Crippen LogP contribution in [0, 0.1) is 0 Å². The minimum absolute atomic E-state index is 0.163. The molecule has 3 aromatic carbocycles. The molecule has 0 spiro atoms. The predicted molar refractivity (Wildman–Crippen MR) is 183 cm³/mol. The molecule has 0 bridgehead atoms. The van der Waals surface area contributed by atoms with Gasteiger partial charge in [0, 0.05) is 10.2 Å². The van der Waals surface area contributed by atoms with Gasteiger partial charge in [-0.3, -0.25) is 5.43 Å². The number of benzene rings is 3. The molecule has 0 fully saturated rings. The van der Waals surface area contributed by atoms with Crippen LogP contribution in [0.5, 0.6) is 23.0 Å². The van der Waals surface area contributed by atoms with Crippen LogP contribution in [0.15, 0.2) is 79.9 Å². The highest BCUT2D eigenvalue weighted by Gasteiger charge is 2.32. The summed E-state index contributed by atoms with van der Waals surface area (Å²) < 4.78 is 30.1. The number of aliphatic hydroxyl groups is 1. The van der Waals surface area contributed by atoms with Crippen molar-refractivity contribution in [1.82, 2.24) is 16.1 Å². The molecule has 0 aliphatic carbocycles. The number of rotatable bonds is 15. The Labute approximate surface area is 289 Å². The number of halogens is 2. The molecule has 3 aromatic rings. The Kier molecular flexibility index (Phi) is 12.9. The number of hydrogen-bond acceptors (Lipinski definition) is 10. The van der Waals surface area contributed by atoms with Crippen molar-refractivity contribution in [2.24, 2.45) is 5.10 Å². The number of amides is 2. The van der Waals surface area contributed by atoms with E-state index in [0.29, 0.717) is 64.1 Å². The lowest BCUT2D eigenvalue weighted by Crippen LogP contribution is -2.45. The third kappa shape index (κ3) is 9.62. The van der Waals surface area contributed by atoms with Crippen LogP contribution in [0.3, 0.4) is 0 Å². The molecule has 0 unspecified atom stereocenters. The summed E-state index contributed by atoms with van der Waals surface area (Å²) in [5.41, 5.74) is 5.59.